The van der Waals surface area contributed by atoms with Gasteiger partial charge in [0.15, 0.2) is 0 Å². The number of aromatic nitrogens is 2. The first-order chi connectivity index (χ1) is 6.68. The van der Waals surface area contributed by atoms with Gasteiger partial charge in [-0.25, -0.2) is 9.07 Å². The van der Waals surface area contributed by atoms with Gasteiger partial charge in [-0.05, 0) is 24.6 Å². The highest BCUT2D eigenvalue weighted by atomic mass is 19.1. The second-order valence-corrected chi connectivity index (χ2v) is 3.13. The summed E-state index contributed by atoms with van der Waals surface area (Å²) in [6, 6.07) is 4.66. The smallest absolute Gasteiger partial charge is 0.148 e. The molecule has 0 atom stereocenters. The molecular formula is C10H10FN3. The first kappa shape index (κ1) is 8.74. The summed E-state index contributed by atoms with van der Waals surface area (Å²) in [7, 11) is 0. The largest absolute Gasteiger partial charge is 0.395 e. The van der Waals surface area contributed by atoms with Crippen molar-refractivity contribution in [2.24, 2.45) is 0 Å². The van der Waals surface area contributed by atoms with E-state index in [1.807, 2.05) is 6.92 Å². The highest BCUT2D eigenvalue weighted by Crippen LogP contribution is 2.19. The zero-order valence-corrected chi connectivity index (χ0v) is 7.74. The Morgan fingerprint density at radius 2 is 2.21 bits per heavy atom. The summed E-state index contributed by atoms with van der Waals surface area (Å²) in [5, 5.41) is 4.06. The maximum atomic E-state index is 13.1. The van der Waals surface area contributed by atoms with Gasteiger partial charge in [0, 0.05) is 6.20 Å². The molecule has 0 aliphatic heterocycles. The van der Waals surface area contributed by atoms with Crippen LogP contribution >= 0.6 is 0 Å². The average molecular weight is 191 g/mol. The standard InChI is InChI=1S/C10H10FN3/c1-7-5-13-14(6-7)9-4-2-3-8(11)10(9)12/h2-6H,12H2,1H3. The Hall–Kier alpha value is -1.84. The maximum absolute atomic E-state index is 13.1. The van der Waals surface area contributed by atoms with Crippen molar-refractivity contribution in [2.75, 3.05) is 5.73 Å². The number of aryl methyl sites for hydroxylation is 1. The molecule has 0 fully saturated rings. The molecule has 14 heavy (non-hydrogen) atoms. The second kappa shape index (κ2) is 3.14. The molecule has 1 aromatic heterocycles. The van der Waals surface area contributed by atoms with Gasteiger partial charge in [0.05, 0.1) is 17.6 Å². The van der Waals surface area contributed by atoms with Crippen LogP contribution in [0.3, 0.4) is 0 Å². The van der Waals surface area contributed by atoms with Crippen molar-refractivity contribution >= 4 is 5.69 Å². The fourth-order valence-electron chi connectivity index (χ4n) is 1.27. The molecule has 0 unspecified atom stereocenters. The number of nitrogens with zero attached hydrogens (tertiary/aromatic N) is 2. The fraction of sp³-hybridized carbons (Fsp3) is 0.100. The van der Waals surface area contributed by atoms with E-state index < -0.39 is 5.82 Å². The predicted molar refractivity (Wildman–Crippen MR) is 52.7 cm³/mol. The topological polar surface area (TPSA) is 43.8 Å². The number of rotatable bonds is 1. The summed E-state index contributed by atoms with van der Waals surface area (Å²) in [5.74, 6) is -0.421. The Morgan fingerprint density at radius 1 is 1.43 bits per heavy atom. The molecule has 0 aliphatic rings. The molecule has 0 radical (unpaired) electrons. The second-order valence-electron chi connectivity index (χ2n) is 3.13. The Morgan fingerprint density at radius 3 is 2.86 bits per heavy atom. The summed E-state index contributed by atoms with van der Waals surface area (Å²) < 4.78 is 14.7. The molecule has 1 aromatic carbocycles. The van der Waals surface area contributed by atoms with Gasteiger partial charge in [0.1, 0.15) is 5.82 Å². The zero-order valence-electron chi connectivity index (χ0n) is 7.74. The monoisotopic (exact) mass is 191 g/mol. The molecule has 72 valence electrons. The third-order valence-corrected chi connectivity index (χ3v) is 1.99. The van der Waals surface area contributed by atoms with E-state index in [4.69, 9.17) is 5.73 Å². The van der Waals surface area contributed by atoms with Crippen molar-refractivity contribution in [2.45, 2.75) is 6.92 Å². The molecule has 3 nitrogen and oxygen atoms in total. The van der Waals surface area contributed by atoms with Crippen LogP contribution in [-0.2, 0) is 0 Å². The number of para-hydroxylation sites is 1. The molecule has 0 aliphatic carbocycles. The van der Waals surface area contributed by atoms with Gasteiger partial charge in [0.2, 0.25) is 0 Å². The highest BCUT2D eigenvalue weighted by Gasteiger charge is 2.06. The number of hydrogen-bond donors (Lipinski definition) is 1. The van der Waals surface area contributed by atoms with E-state index in [0.29, 0.717) is 5.69 Å². The molecule has 2 aromatic rings. The summed E-state index contributed by atoms with van der Waals surface area (Å²) in [4.78, 5) is 0. The third kappa shape index (κ3) is 1.35. The minimum Gasteiger partial charge on any atom is -0.395 e. The van der Waals surface area contributed by atoms with Gasteiger partial charge >= 0.3 is 0 Å². The number of hydrogen-bond acceptors (Lipinski definition) is 2. The van der Waals surface area contributed by atoms with E-state index in [9.17, 15) is 4.39 Å². The molecule has 2 N–H and O–H groups in total. The van der Waals surface area contributed by atoms with Gasteiger partial charge in [-0.15, -0.1) is 0 Å². The van der Waals surface area contributed by atoms with Crippen LogP contribution in [0.25, 0.3) is 5.69 Å². The van der Waals surface area contributed by atoms with Crippen molar-refractivity contribution < 1.29 is 4.39 Å². The van der Waals surface area contributed by atoms with E-state index in [-0.39, 0.29) is 5.69 Å². The van der Waals surface area contributed by atoms with Crippen molar-refractivity contribution in [1.29, 1.82) is 0 Å². The molecule has 0 amide bonds. The van der Waals surface area contributed by atoms with Gasteiger partial charge < -0.3 is 5.73 Å². The lowest BCUT2D eigenvalue weighted by Crippen LogP contribution is -2.01. The van der Waals surface area contributed by atoms with Crippen LogP contribution in [0.1, 0.15) is 5.56 Å². The molecular weight excluding hydrogens is 181 g/mol. The first-order valence-electron chi connectivity index (χ1n) is 4.24. The SMILES string of the molecule is Cc1cnn(-c2cccc(F)c2N)c1. The molecule has 0 bridgehead atoms. The normalized spacial score (nSPS) is 10.4. The highest BCUT2D eigenvalue weighted by molar-refractivity contribution is 5.58. The van der Waals surface area contributed by atoms with E-state index >= 15 is 0 Å². The Kier molecular flexibility index (Phi) is 1.96. The minimum atomic E-state index is -0.421. The van der Waals surface area contributed by atoms with Gasteiger partial charge in [-0.2, -0.15) is 5.10 Å². The summed E-state index contributed by atoms with van der Waals surface area (Å²) in [6.45, 7) is 1.92. The molecule has 2 rings (SSSR count). The summed E-state index contributed by atoms with van der Waals surface area (Å²) >= 11 is 0. The maximum Gasteiger partial charge on any atom is 0.148 e. The zero-order chi connectivity index (χ0) is 10.1. The van der Waals surface area contributed by atoms with Crippen LogP contribution < -0.4 is 5.73 Å². The minimum absolute atomic E-state index is 0.121. The fourth-order valence-corrected chi connectivity index (χ4v) is 1.27. The summed E-state index contributed by atoms with van der Waals surface area (Å²) in [6.07, 6.45) is 3.50. The van der Waals surface area contributed by atoms with Gasteiger partial charge in [0.25, 0.3) is 0 Å². The lowest BCUT2D eigenvalue weighted by atomic mass is 10.2. The quantitative estimate of drug-likeness (QED) is 0.699. The molecule has 1 heterocycles. The number of anilines is 1. The Bertz CT molecular complexity index is 462. The van der Waals surface area contributed by atoms with Crippen LogP contribution in [0.15, 0.2) is 30.6 Å². The number of nitrogen functional groups attached to an aromatic ring is 1. The van der Waals surface area contributed by atoms with Crippen molar-refractivity contribution in [3.8, 4) is 5.69 Å². The molecule has 0 saturated carbocycles. The predicted octanol–water partition coefficient (Wildman–Crippen LogP) is 1.90. The lowest BCUT2D eigenvalue weighted by Gasteiger charge is -2.05. The van der Waals surface area contributed by atoms with Crippen molar-refractivity contribution in [3.63, 3.8) is 0 Å². The first-order valence-corrected chi connectivity index (χ1v) is 4.24. The van der Waals surface area contributed by atoms with Gasteiger partial charge in [-0.1, -0.05) is 6.07 Å². The average Bonchev–Trinajstić information content (AvgIpc) is 2.57. The Labute approximate surface area is 81.0 Å². The Balaban J connectivity index is 2.57. The van der Waals surface area contributed by atoms with Crippen LogP contribution in [0.5, 0.6) is 0 Å². The molecule has 4 heteroatoms. The van der Waals surface area contributed by atoms with E-state index in [1.54, 1.807) is 29.2 Å². The van der Waals surface area contributed by atoms with Crippen molar-refractivity contribution in [3.05, 3.63) is 42.0 Å². The summed E-state index contributed by atoms with van der Waals surface area (Å²) in [5.41, 5.74) is 7.28. The van der Waals surface area contributed by atoms with Crippen LogP contribution in [0, 0.1) is 12.7 Å². The lowest BCUT2D eigenvalue weighted by molar-refractivity contribution is 0.630. The number of benzene rings is 1. The van der Waals surface area contributed by atoms with E-state index in [2.05, 4.69) is 5.10 Å². The van der Waals surface area contributed by atoms with Crippen molar-refractivity contribution in [1.82, 2.24) is 9.78 Å². The van der Waals surface area contributed by atoms with Crippen LogP contribution in [-0.4, -0.2) is 9.78 Å². The van der Waals surface area contributed by atoms with E-state index in [1.165, 1.54) is 6.07 Å². The number of halogens is 1. The number of nitrogens with two attached hydrogens (primary N) is 1. The van der Waals surface area contributed by atoms with Crippen LogP contribution in [0.4, 0.5) is 10.1 Å². The molecule has 0 saturated heterocycles. The molecule has 0 spiro atoms. The van der Waals surface area contributed by atoms with Crippen LogP contribution in [0.2, 0.25) is 0 Å². The van der Waals surface area contributed by atoms with E-state index in [0.717, 1.165) is 5.56 Å². The third-order valence-electron chi connectivity index (χ3n) is 1.99. The van der Waals surface area contributed by atoms with Gasteiger partial charge in [-0.3, -0.25) is 0 Å².